The molecule has 6 heterocycles. The van der Waals surface area contributed by atoms with Gasteiger partial charge in [0.2, 0.25) is 5.91 Å². The number of nitrogens with zero attached hydrogens (tertiary/aromatic N) is 6. The second-order valence-electron chi connectivity index (χ2n) is 15.2. The van der Waals surface area contributed by atoms with E-state index in [1.165, 1.54) is 42.7 Å². The number of hydrogen-bond donors (Lipinski definition) is 6. The van der Waals surface area contributed by atoms with Crippen molar-refractivity contribution in [1.82, 2.24) is 45.2 Å². The second-order valence-corrected chi connectivity index (χ2v) is 15.6. The van der Waals surface area contributed by atoms with Crippen molar-refractivity contribution in [3.63, 3.8) is 0 Å². The highest BCUT2D eigenvalue weighted by molar-refractivity contribution is 6.34. The summed E-state index contributed by atoms with van der Waals surface area (Å²) < 4.78 is 41.7. The molecule has 1 aromatic carbocycles. The minimum atomic E-state index is -4.74. The Kier molecular flexibility index (Phi) is 12.5. The summed E-state index contributed by atoms with van der Waals surface area (Å²) in [4.78, 5) is 68.4. The number of aromatic nitrogens is 5. The number of carbonyl (C=O) groups excluding carboxylic acids is 3. The number of aromatic amines is 2. The lowest BCUT2D eigenvalue weighted by atomic mass is 9.73. The first-order chi connectivity index (χ1) is 28.2. The number of carboxylic acids is 1. The third-order valence-electron chi connectivity index (χ3n) is 11.3. The van der Waals surface area contributed by atoms with Gasteiger partial charge in [-0.15, -0.1) is 0 Å². The van der Waals surface area contributed by atoms with Crippen LogP contribution in [0.3, 0.4) is 0 Å². The van der Waals surface area contributed by atoms with E-state index in [4.69, 9.17) is 22.4 Å². The number of nitrogens with one attached hydrogen (secondary N) is 4. The molecule has 314 valence electrons. The number of likely N-dealkylation sites (tertiary alicyclic amines) is 1. The van der Waals surface area contributed by atoms with Crippen molar-refractivity contribution in [2.24, 2.45) is 17.8 Å². The Balaban J connectivity index is 0.932. The van der Waals surface area contributed by atoms with Gasteiger partial charge >= 0.3 is 12.1 Å². The molecule has 0 spiro atoms. The number of carboxylic acid groups (broad SMARTS) is 1. The number of pyridine rings is 1. The van der Waals surface area contributed by atoms with E-state index in [2.05, 4.69) is 40.7 Å². The van der Waals surface area contributed by atoms with Gasteiger partial charge in [-0.25, -0.2) is 4.98 Å². The van der Waals surface area contributed by atoms with Crippen LogP contribution in [0.25, 0.3) is 11.4 Å². The first-order valence-corrected chi connectivity index (χ1v) is 19.9. The Bertz CT molecular complexity index is 2160. The number of nitrogens with two attached hydrogens (primary N) is 1. The normalized spacial score (nSPS) is 17.4. The molecule has 3 aromatic heterocycles. The van der Waals surface area contributed by atoms with Crippen LogP contribution in [0.1, 0.15) is 63.6 Å². The SMILES string of the molecule is Nc1ccc(-c2n[nH]c(C(F)(F)F)c2Cc2cnc(C(=O)Nc3ccc(C(=O)N4CCN(C(=O)[C@@H](C5CCN(CCCC(=O)O)CC5)C5CNC5)CC4)c(Cl)c3)[nH]2)nc1. The molecule has 3 aliphatic heterocycles. The van der Waals surface area contributed by atoms with Crippen LogP contribution in [0.2, 0.25) is 5.02 Å². The average molecular weight is 840 g/mol. The fourth-order valence-electron chi connectivity index (χ4n) is 8.09. The molecule has 0 radical (unpaired) electrons. The Morgan fingerprint density at radius 3 is 2.32 bits per heavy atom. The van der Waals surface area contributed by atoms with Gasteiger partial charge in [0.25, 0.3) is 11.8 Å². The summed E-state index contributed by atoms with van der Waals surface area (Å²) in [6.07, 6.45) is 0.0724. The van der Waals surface area contributed by atoms with Gasteiger partial charge in [0.15, 0.2) is 5.82 Å². The molecule has 0 aliphatic carbocycles. The number of amides is 3. The number of rotatable bonds is 13. The number of carbonyl (C=O) groups is 4. The molecule has 4 aromatic rings. The summed E-state index contributed by atoms with van der Waals surface area (Å²) in [5.41, 5.74) is 5.62. The molecule has 59 heavy (non-hydrogen) atoms. The monoisotopic (exact) mass is 839 g/mol. The van der Waals surface area contributed by atoms with E-state index >= 15 is 0 Å². The first kappa shape index (κ1) is 41.6. The van der Waals surface area contributed by atoms with Crippen LogP contribution >= 0.6 is 11.6 Å². The zero-order valence-electron chi connectivity index (χ0n) is 32.0. The minimum Gasteiger partial charge on any atom is -0.481 e. The topological polar surface area (TPSA) is 219 Å². The van der Waals surface area contributed by atoms with E-state index in [0.717, 1.165) is 45.6 Å². The molecule has 1 atom stereocenters. The Morgan fingerprint density at radius 1 is 0.966 bits per heavy atom. The number of H-pyrrole nitrogens is 2. The van der Waals surface area contributed by atoms with Gasteiger partial charge in [-0.2, -0.15) is 18.3 Å². The predicted molar refractivity (Wildman–Crippen MR) is 210 cm³/mol. The molecule has 7 rings (SSSR count). The highest BCUT2D eigenvalue weighted by Crippen LogP contribution is 2.37. The third-order valence-corrected chi connectivity index (χ3v) is 11.7. The molecule has 7 N–H and O–H groups in total. The third kappa shape index (κ3) is 9.69. The van der Waals surface area contributed by atoms with Crippen molar-refractivity contribution in [2.45, 2.75) is 38.3 Å². The van der Waals surface area contributed by atoms with Crippen molar-refractivity contribution in [1.29, 1.82) is 0 Å². The zero-order valence-corrected chi connectivity index (χ0v) is 32.8. The van der Waals surface area contributed by atoms with Gasteiger partial charge in [-0.1, -0.05) is 11.6 Å². The van der Waals surface area contributed by atoms with Gasteiger partial charge in [0.05, 0.1) is 28.2 Å². The molecule has 3 amide bonds. The van der Waals surface area contributed by atoms with Crippen molar-refractivity contribution in [2.75, 3.05) is 70.0 Å². The van der Waals surface area contributed by atoms with Gasteiger partial charge in [-0.3, -0.25) is 29.3 Å². The van der Waals surface area contributed by atoms with Gasteiger partial charge in [0, 0.05) is 68.1 Å². The molecule has 3 aliphatic rings. The van der Waals surface area contributed by atoms with Crippen LogP contribution in [-0.4, -0.2) is 128 Å². The average Bonchev–Trinajstić information content (AvgIpc) is 3.84. The van der Waals surface area contributed by atoms with E-state index in [1.54, 1.807) is 4.90 Å². The number of hydrogen-bond acceptors (Lipinski definition) is 10. The van der Waals surface area contributed by atoms with Gasteiger partial charge < -0.3 is 41.2 Å². The lowest BCUT2D eigenvalue weighted by molar-refractivity contribution is -0.143. The molecule has 20 heteroatoms. The van der Waals surface area contributed by atoms with Crippen LogP contribution < -0.4 is 16.4 Å². The minimum absolute atomic E-state index is 0.0240. The van der Waals surface area contributed by atoms with E-state index in [9.17, 15) is 32.3 Å². The predicted octanol–water partition coefficient (Wildman–Crippen LogP) is 3.99. The maximum atomic E-state index is 14.0. The van der Waals surface area contributed by atoms with Gasteiger partial charge in [-0.05, 0) is 94.2 Å². The Hall–Kier alpha value is -5.53. The molecule has 3 fully saturated rings. The number of nitrogen functional groups attached to an aromatic ring is 1. The second kappa shape index (κ2) is 17.8. The number of piperidine rings is 1. The number of alkyl halides is 3. The smallest absolute Gasteiger partial charge is 0.433 e. The maximum absolute atomic E-state index is 14.0. The van der Waals surface area contributed by atoms with E-state index in [-0.39, 0.29) is 87.2 Å². The summed E-state index contributed by atoms with van der Waals surface area (Å²) in [6, 6.07) is 7.41. The Labute approximate surface area is 342 Å². The molecular formula is C39H45ClF3N11O5. The molecule has 3 saturated heterocycles. The number of anilines is 2. The molecule has 0 unspecified atom stereocenters. The summed E-state index contributed by atoms with van der Waals surface area (Å²) in [5.74, 6) is -1.41. The van der Waals surface area contributed by atoms with Crippen LogP contribution in [0.15, 0.2) is 42.7 Å². The first-order valence-electron chi connectivity index (χ1n) is 19.5. The van der Waals surface area contributed by atoms with Crippen molar-refractivity contribution < 1.29 is 37.5 Å². The van der Waals surface area contributed by atoms with E-state index in [0.29, 0.717) is 38.3 Å². The van der Waals surface area contributed by atoms with Crippen LogP contribution in [-0.2, 0) is 22.2 Å². The summed E-state index contributed by atoms with van der Waals surface area (Å²) >= 11 is 6.56. The lowest BCUT2D eigenvalue weighted by Gasteiger charge is -2.45. The summed E-state index contributed by atoms with van der Waals surface area (Å²) in [5, 5.41) is 20.9. The number of benzene rings is 1. The number of halogens is 4. The van der Waals surface area contributed by atoms with Crippen molar-refractivity contribution >= 4 is 46.7 Å². The highest BCUT2D eigenvalue weighted by Gasteiger charge is 2.42. The Morgan fingerprint density at radius 2 is 1.69 bits per heavy atom. The lowest BCUT2D eigenvalue weighted by Crippen LogP contribution is -2.58. The van der Waals surface area contributed by atoms with E-state index < -0.39 is 23.7 Å². The molecule has 16 nitrogen and oxygen atoms in total. The molecular weight excluding hydrogens is 795 g/mol. The van der Waals surface area contributed by atoms with Crippen molar-refractivity contribution in [3.05, 3.63) is 76.1 Å². The molecule has 0 saturated carbocycles. The summed E-state index contributed by atoms with van der Waals surface area (Å²) in [7, 11) is 0. The van der Waals surface area contributed by atoms with Crippen LogP contribution in [0, 0.1) is 17.8 Å². The van der Waals surface area contributed by atoms with Crippen LogP contribution in [0.4, 0.5) is 24.5 Å². The van der Waals surface area contributed by atoms with E-state index in [1.807, 2.05) is 4.90 Å². The zero-order chi connectivity index (χ0) is 41.8. The standard InChI is InChI=1S/C39H45ClF3N11O5/c40-29-17-25(49-36(57)35-47-21-26(48-35)16-28-33(30-6-3-24(44)20-46-30)50-51-34(28)39(41,42)43)4-5-27(29)37(58)53-12-14-54(15-13-53)38(59)32(23-18-45-19-23)22-7-10-52(11-8-22)9-1-2-31(55)56/h3-6,17,20-23,32,45H,1-2,7-16,18-19,44H2,(H,47,48)(H,49,57)(H,50,51)(H,55,56)/t32-/m0/s1. The quantitative estimate of drug-likeness (QED) is 0.113. The number of imidazole rings is 1. The van der Waals surface area contributed by atoms with Gasteiger partial charge in [0.1, 0.15) is 11.4 Å². The highest BCUT2D eigenvalue weighted by atomic mass is 35.5. The maximum Gasteiger partial charge on any atom is 0.433 e. The summed E-state index contributed by atoms with van der Waals surface area (Å²) in [6.45, 7) is 5.48. The fraction of sp³-hybridized carbons (Fsp3) is 0.462. The fourth-order valence-corrected chi connectivity index (χ4v) is 8.36. The number of aliphatic carboxylic acids is 1. The number of piperazine rings is 1. The largest absolute Gasteiger partial charge is 0.481 e. The van der Waals surface area contributed by atoms with Crippen LogP contribution in [0.5, 0.6) is 0 Å². The van der Waals surface area contributed by atoms with Crippen molar-refractivity contribution in [3.8, 4) is 11.4 Å². The molecule has 0 bridgehead atoms.